The number of aliphatic hydroxyl groups excluding tert-OH is 2. The van der Waals surface area contributed by atoms with Gasteiger partial charge in [-0.2, -0.15) is 0 Å². The van der Waals surface area contributed by atoms with Crippen molar-refractivity contribution in [2.45, 2.75) is 274 Å². The number of aromatic nitrogens is 4. The zero-order valence-electron chi connectivity index (χ0n) is 81.6. The summed E-state index contributed by atoms with van der Waals surface area (Å²) in [6, 6.07) is 74.4. The van der Waals surface area contributed by atoms with Crippen LogP contribution in [-0.2, 0) is 18.3 Å². The van der Waals surface area contributed by atoms with Gasteiger partial charge in [-0.15, -0.1) is 0 Å². The highest BCUT2D eigenvalue weighted by Crippen LogP contribution is 2.40. The summed E-state index contributed by atoms with van der Waals surface area (Å²) in [5.41, 5.74) is 16.8. The SMILES string of the molecule is C.C.C.C.C.CCC(CO)O[Si](C)(C)C(C)(C)C.CCC(COc1ccc2ccc(-c3ccc(N(CC)CC)cc3)nc2c1)OC1CCCCO1.CCC(COc1ccc2ccc(-c3ccc(N(CC)CC)cc3)nc2c1)O[Si](C)(C)C(C)(C)C.CCC(O)COc1ccc2ccc(-c3ccc(N(CC)CC)cc3)nc2c1.CCN(CC)c1ccc(-c2ccc3ccc(O)cc3n2)cc1. The second kappa shape index (κ2) is 56.5. The maximum atomic E-state index is 9.68. The topological polar surface area (TPSA) is 190 Å². The first-order valence-electron chi connectivity index (χ1n) is 47.4. The number of fused-ring (bicyclic) bond motifs is 4. The molecule has 18 nitrogen and oxygen atoms in total. The molecule has 12 aromatic rings. The van der Waals surface area contributed by atoms with Gasteiger partial charge in [-0.1, -0.05) is 179 Å². The van der Waals surface area contributed by atoms with Crippen LogP contribution in [0.25, 0.3) is 88.6 Å². The Morgan fingerprint density at radius 3 is 0.918 bits per heavy atom. The number of anilines is 4. The third kappa shape index (κ3) is 33.5. The van der Waals surface area contributed by atoms with Gasteiger partial charge >= 0.3 is 0 Å². The Hall–Kier alpha value is -10.0. The van der Waals surface area contributed by atoms with E-state index in [1.807, 2.05) is 74.5 Å². The second-order valence-electron chi connectivity index (χ2n) is 36.1. The van der Waals surface area contributed by atoms with E-state index in [-0.39, 0.29) is 84.2 Å². The first-order chi connectivity index (χ1) is 61.9. The summed E-state index contributed by atoms with van der Waals surface area (Å²) < 4.78 is 42.4. The molecule has 13 rings (SSSR count). The number of ether oxygens (including phenoxy) is 5. The van der Waals surface area contributed by atoms with Crippen LogP contribution in [0.3, 0.4) is 0 Å². The predicted octanol–water partition coefficient (Wildman–Crippen LogP) is 29.7. The van der Waals surface area contributed by atoms with Crippen LogP contribution in [-0.4, -0.2) is 168 Å². The van der Waals surface area contributed by atoms with Gasteiger partial charge < -0.3 is 67.5 Å². The van der Waals surface area contributed by atoms with Crippen LogP contribution in [0.5, 0.6) is 23.0 Å². The molecule has 1 aliphatic rings. The molecule has 734 valence electrons. The lowest BCUT2D eigenvalue weighted by molar-refractivity contribution is -0.193. The molecule has 0 radical (unpaired) electrons. The minimum Gasteiger partial charge on any atom is -0.508 e. The lowest BCUT2D eigenvalue weighted by Gasteiger charge is -2.39. The number of benzene rings is 8. The highest BCUT2D eigenvalue weighted by molar-refractivity contribution is 6.74. The van der Waals surface area contributed by atoms with E-state index in [0.29, 0.717) is 26.2 Å². The smallest absolute Gasteiger partial charge is 0.192 e. The first kappa shape index (κ1) is 116. The van der Waals surface area contributed by atoms with E-state index in [4.69, 9.17) is 52.6 Å². The molecule has 3 N–H and O–H groups in total. The molecule has 5 heterocycles. The lowest BCUT2D eigenvalue weighted by Crippen LogP contribution is -2.45. The average Bonchev–Trinajstić information content (AvgIpc) is 0.843. The van der Waals surface area contributed by atoms with Crippen molar-refractivity contribution in [3.8, 4) is 68.0 Å². The maximum Gasteiger partial charge on any atom is 0.192 e. The molecule has 1 aliphatic heterocycles. The standard InChI is InChI=1S/C29H42N2O2Si.C28H36N2O3.C23H28N2O2.C19H20N2O.C10H24O2Si.5CH4/c1-9-25(33-34(7,8)29(4,5)6)21-32-26-18-14-23-15-19-27(30-28(23)20-26)22-12-16-24(17-13-22)31(10-2)11-3;1-4-24(33-28-9-7-8-18-31-28)20-32-25-16-12-22-13-17-26(29-27(22)19-25)21-10-14-23(15-11-21)30(5-2)6-3;1-4-20(26)16-27-21-13-9-18-10-14-22(24-23(18)15-21)17-7-11-19(12-8-17)25(5-2)6-3;1-3-21(4-2)16-9-5-14(6-10-16)18-12-8-15-7-11-17(22)13-19(15)20-18;1-7-9(8-11)12-13(5,6)10(2,3)4;;;;;/h12-20,25H,9-11,21H2,1-8H3;10-17,19,24,28H,4-9,18,20H2,1-3H3;7-15,20,26H,4-6,16H2,1-3H3;5-13,22H,3-4H2,1-2H3;9,11H,7-8H2,1-6H3;5*1H4. The molecule has 8 aromatic carbocycles. The quantitative estimate of drug-likeness (QED) is 0.0314. The van der Waals surface area contributed by atoms with Crippen LogP contribution in [0.2, 0.25) is 36.3 Å². The second-order valence-corrected chi connectivity index (χ2v) is 45.6. The van der Waals surface area contributed by atoms with E-state index in [1.165, 1.54) is 29.2 Å². The van der Waals surface area contributed by atoms with Crippen LogP contribution in [0.1, 0.15) is 207 Å². The summed E-state index contributed by atoms with van der Waals surface area (Å²) in [6.45, 7) is 58.5. The third-order valence-corrected chi connectivity index (χ3v) is 34.3. The van der Waals surface area contributed by atoms with Crippen molar-refractivity contribution in [3.63, 3.8) is 0 Å². The molecule has 20 heteroatoms. The third-order valence-electron chi connectivity index (χ3n) is 25.2. The minimum atomic E-state index is -1.83. The van der Waals surface area contributed by atoms with Gasteiger partial charge in [0.25, 0.3) is 0 Å². The molecule has 5 unspecified atom stereocenters. The molecule has 0 amide bonds. The summed E-state index contributed by atoms with van der Waals surface area (Å²) in [5, 5.41) is 33.1. The largest absolute Gasteiger partial charge is 0.508 e. The van der Waals surface area contributed by atoms with Crippen LogP contribution < -0.4 is 33.8 Å². The van der Waals surface area contributed by atoms with E-state index < -0.39 is 22.7 Å². The summed E-state index contributed by atoms with van der Waals surface area (Å²) in [7, 11) is -3.50. The zero-order chi connectivity index (χ0) is 93.4. The van der Waals surface area contributed by atoms with Gasteiger partial charge in [-0.3, -0.25) is 0 Å². The predicted molar refractivity (Wildman–Crippen MR) is 582 cm³/mol. The number of rotatable bonds is 36. The fourth-order valence-electron chi connectivity index (χ4n) is 14.7. The van der Waals surface area contributed by atoms with Gasteiger partial charge in [0, 0.05) is 150 Å². The molecule has 0 aliphatic carbocycles. The highest BCUT2D eigenvalue weighted by atomic mass is 28.4. The molecular weight excluding hydrogens is 1700 g/mol. The Bertz CT molecular complexity index is 5340. The molecule has 4 aromatic heterocycles. The van der Waals surface area contributed by atoms with Crippen LogP contribution in [0, 0.1) is 0 Å². The van der Waals surface area contributed by atoms with Crippen molar-refractivity contribution < 1.29 is 47.9 Å². The molecule has 0 spiro atoms. The van der Waals surface area contributed by atoms with Crippen molar-refractivity contribution >= 4 is 83.0 Å². The van der Waals surface area contributed by atoms with Gasteiger partial charge in [0.15, 0.2) is 22.9 Å². The van der Waals surface area contributed by atoms with E-state index in [0.717, 1.165) is 197 Å². The first-order valence-corrected chi connectivity index (χ1v) is 53.2. The maximum absolute atomic E-state index is 9.68. The number of hydrogen-bond donors (Lipinski definition) is 3. The van der Waals surface area contributed by atoms with Crippen molar-refractivity contribution in [1.82, 2.24) is 19.9 Å². The molecule has 1 fully saturated rings. The molecule has 5 atom stereocenters. The molecule has 0 bridgehead atoms. The number of phenolic OH excluding ortho intramolecular Hbond substituents is 1. The number of aliphatic hydroxyl groups is 2. The molecular formula is C114H170N8O10Si2. The molecule has 134 heavy (non-hydrogen) atoms. The number of phenols is 1. The Balaban J connectivity index is 0.000000356. The fraction of sp³-hybridized carbons (Fsp3) is 0.474. The van der Waals surface area contributed by atoms with Gasteiger partial charge in [0.1, 0.15) is 42.8 Å². The number of aromatic hydroxyl groups is 1. The van der Waals surface area contributed by atoms with Gasteiger partial charge in [-0.25, -0.2) is 19.9 Å². The summed E-state index contributed by atoms with van der Waals surface area (Å²) in [4.78, 5) is 28.6. The normalized spacial score (nSPS) is 13.3. The van der Waals surface area contributed by atoms with E-state index >= 15 is 0 Å². The minimum absolute atomic E-state index is 0. The Kier molecular flexibility index (Phi) is 49.0. The Labute approximate surface area is 810 Å². The number of pyridine rings is 4. The van der Waals surface area contributed by atoms with Crippen molar-refractivity contribution in [3.05, 3.63) is 218 Å². The van der Waals surface area contributed by atoms with Crippen LogP contribution >= 0.6 is 0 Å². The monoisotopic (exact) mass is 1870 g/mol. The van der Waals surface area contributed by atoms with Crippen LogP contribution in [0.15, 0.2) is 218 Å². The molecule has 0 saturated carbocycles. The number of hydrogen-bond acceptors (Lipinski definition) is 18. The summed E-state index contributed by atoms with van der Waals surface area (Å²) in [6.07, 6.45) is 6.26. The zero-order valence-corrected chi connectivity index (χ0v) is 83.6. The highest BCUT2D eigenvalue weighted by Gasteiger charge is 2.40. The van der Waals surface area contributed by atoms with Crippen LogP contribution in [0.4, 0.5) is 22.7 Å². The van der Waals surface area contributed by atoms with Crippen molar-refractivity contribution in [2.75, 3.05) is 105 Å². The summed E-state index contributed by atoms with van der Waals surface area (Å²) in [5.74, 6) is 2.63. The van der Waals surface area contributed by atoms with Crippen molar-refractivity contribution in [2.24, 2.45) is 0 Å². The van der Waals surface area contributed by atoms with Gasteiger partial charge in [-0.05, 0) is 258 Å². The fourth-order valence-corrected chi connectivity index (χ4v) is 17.5. The molecule has 1 saturated heterocycles. The summed E-state index contributed by atoms with van der Waals surface area (Å²) >= 11 is 0. The van der Waals surface area contributed by atoms with E-state index in [1.54, 1.807) is 12.1 Å². The average molecular weight is 1870 g/mol. The van der Waals surface area contributed by atoms with E-state index in [9.17, 15) is 10.2 Å². The number of nitrogens with zero attached hydrogens (tertiary/aromatic N) is 8. The van der Waals surface area contributed by atoms with Crippen molar-refractivity contribution in [1.29, 1.82) is 0 Å². The van der Waals surface area contributed by atoms with Gasteiger partial charge in [0.2, 0.25) is 0 Å². The lowest BCUT2D eigenvalue weighted by atomic mass is 10.1. The van der Waals surface area contributed by atoms with Gasteiger partial charge in [0.05, 0.1) is 75.9 Å². The Morgan fingerprint density at radius 1 is 0.358 bits per heavy atom. The Morgan fingerprint density at radius 2 is 0.642 bits per heavy atom. The van der Waals surface area contributed by atoms with E-state index in [2.05, 4.69) is 307 Å².